The van der Waals surface area contributed by atoms with Crippen LogP contribution in [0.4, 0.5) is 0 Å². The second kappa shape index (κ2) is 16.0. The molecule has 1 aliphatic carbocycles. The topological polar surface area (TPSA) is 122 Å². The lowest BCUT2D eigenvalue weighted by atomic mass is 9.72. The molecule has 9 nitrogen and oxygen atoms in total. The molecular formula is C46H50O9. The van der Waals surface area contributed by atoms with E-state index in [1.54, 1.807) is 39.2 Å². The van der Waals surface area contributed by atoms with Gasteiger partial charge in [-0.1, -0.05) is 72.3 Å². The number of hydrogen-bond acceptors (Lipinski definition) is 9. The molecule has 288 valence electrons. The van der Waals surface area contributed by atoms with Gasteiger partial charge in [0.25, 0.3) is 0 Å². The Morgan fingerprint density at radius 3 is 2.40 bits per heavy atom. The summed E-state index contributed by atoms with van der Waals surface area (Å²) in [6.45, 7) is 7.47. The third-order valence-electron chi connectivity index (χ3n) is 11.5. The van der Waals surface area contributed by atoms with Crippen LogP contribution in [0.3, 0.4) is 0 Å². The van der Waals surface area contributed by atoms with E-state index in [4.69, 9.17) is 23.4 Å². The van der Waals surface area contributed by atoms with Crippen molar-refractivity contribution >= 4 is 22.9 Å². The Hall–Kier alpha value is -4.99. The molecule has 8 rings (SSSR count). The molecule has 0 unspecified atom stereocenters. The Kier molecular flexibility index (Phi) is 11.1. The molecule has 0 spiro atoms. The summed E-state index contributed by atoms with van der Waals surface area (Å²) in [5.41, 5.74) is 3.88. The van der Waals surface area contributed by atoms with Gasteiger partial charge in [-0.3, -0.25) is 4.79 Å². The largest absolute Gasteiger partial charge is 0.483 e. The summed E-state index contributed by atoms with van der Waals surface area (Å²) < 4.78 is 30.9. The number of fused-ring (bicyclic) bond motifs is 11. The number of methoxy groups -OCH3 is 1. The molecule has 1 aromatic heterocycles. The van der Waals surface area contributed by atoms with Crippen molar-refractivity contribution < 1.29 is 38.1 Å². The second-order valence-corrected chi connectivity index (χ2v) is 15.8. The van der Waals surface area contributed by atoms with Crippen LogP contribution < -0.4 is 10.4 Å². The molecule has 0 radical (unpaired) electrons. The maximum atomic E-state index is 14.5. The number of aliphatic hydroxyl groups excluding tert-OH is 1. The zero-order valence-corrected chi connectivity index (χ0v) is 32.2. The number of carbonyl (C=O) groups is 2. The molecule has 0 saturated heterocycles. The molecule has 4 aromatic rings. The smallest absolute Gasteiger partial charge is 0.339 e. The van der Waals surface area contributed by atoms with Gasteiger partial charge in [-0.15, -0.1) is 0 Å². The third kappa shape index (κ3) is 7.91. The van der Waals surface area contributed by atoms with Crippen molar-refractivity contribution in [2.24, 2.45) is 5.92 Å². The Balaban J connectivity index is 1.35. The number of esters is 2. The van der Waals surface area contributed by atoms with Gasteiger partial charge in [0.2, 0.25) is 0 Å². The average molecular weight is 747 g/mol. The number of aliphatic hydroxyl groups is 1. The van der Waals surface area contributed by atoms with Crippen molar-refractivity contribution in [3.63, 3.8) is 0 Å². The predicted octanol–water partition coefficient (Wildman–Crippen LogP) is 8.39. The minimum atomic E-state index is -1.16. The molecule has 2 bridgehead atoms. The van der Waals surface area contributed by atoms with Gasteiger partial charge in [-0.25, -0.2) is 9.59 Å². The van der Waals surface area contributed by atoms with Crippen LogP contribution in [0.2, 0.25) is 0 Å². The Morgan fingerprint density at radius 2 is 1.69 bits per heavy atom. The number of benzene rings is 3. The minimum absolute atomic E-state index is 0.0221. The first-order valence-corrected chi connectivity index (χ1v) is 19.3. The first kappa shape index (κ1) is 38.3. The van der Waals surface area contributed by atoms with Crippen LogP contribution in [0, 0.1) is 5.92 Å². The number of carbonyl (C=O) groups excluding carboxylic acids is 2. The predicted molar refractivity (Wildman–Crippen MR) is 209 cm³/mol. The van der Waals surface area contributed by atoms with Crippen LogP contribution >= 0.6 is 0 Å². The van der Waals surface area contributed by atoms with Crippen molar-refractivity contribution in [1.82, 2.24) is 0 Å². The summed E-state index contributed by atoms with van der Waals surface area (Å²) in [5.74, 6) is -1.01. The lowest BCUT2D eigenvalue weighted by molar-refractivity contribution is -0.188. The SMILES string of the molecule is COC[C@@H](CCO)c1cc2ccc3c(c2oc1=O)[C@@H]1OC(=O)C[C@@H]2C[C@H](c4ccccc4)C=C[C@@H]2c2ccc(cc2)CCC(=C(C)C)C(=O)O[C@@H]1C(C)(C)O3. The quantitative estimate of drug-likeness (QED) is 0.0898. The van der Waals surface area contributed by atoms with Crippen LogP contribution in [0.15, 0.2) is 105 Å². The lowest BCUT2D eigenvalue weighted by Crippen LogP contribution is -2.52. The van der Waals surface area contributed by atoms with Gasteiger partial charge in [0.1, 0.15) is 16.9 Å². The number of allylic oxidation sites excluding steroid dienone is 3. The zero-order chi connectivity index (χ0) is 38.9. The molecule has 6 atom stereocenters. The van der Waals surface area contributed by atoms with E-state index in [-0.39, 0.29) is 43.0 Å². The fraction of sp³-hybridized carbons (Fsp3) is 0.413. The Morgan fingerprint density at radius 1 is 0.927 bits per heavy atom. The first-order chi connectivity index (χ1) is 26.5. The summed E-state index contributed by atoms with van der Waals surface area (Å²) >= 11 is 0. The molecule has 55 heavy (non-hydrogen) atoms. The third-order valence-corrected chi connectivity index (χ3v) is 11.5. The Bertz CT molecular complexity index is 2150. The fourth-order valence-corrected chi connectivity index (χ4v) is 8.54. The molecule has 4 heterocycles. The summed E-state index contributed by atoms with van der Waals surface area (Å²) in [6, 6.07) is 24.1. The van der Waals surface area contributed by atoms with Crippen molar-refractivity contribution in [3.05, 3.63) is 134 Å². The van der Waals surface area contributed by atoms with E-state index in [1.165, 1.54) is 5.56 Å². The Labute approximate surface area is 321 Å². The fourth-order valence-electron chi connectivity index (χ4n) is 8.54. The molecule has 1 N–H and O–H groups in total. The number of rotatable bonds is 6. The molecular weight excluding hydrogens is 696 g/mol. The monoisotopic (exact) mass is 746 g/mol. The summed E-state index contributed by atoms with van der Waals surface area (Å²) in [4.78, 5) is 42.3. The molecule has 0 saturated carbocycles. The first-order valence-electron chi connectivity index (χ1n) is 19.3. The van der Waals surface area contributed by atoms with Gasteiger partial charge in [-0.05, 0) is 94.2 Å². The van der Waals surface area contributed by atoms with E-state index in [2.05, 4.69) is 48.6 Å². The van der Waals surface area contributed by atoms with Gasteiger partial charge in [0.15, 0.2) is 12.2 Å². The van der Waals surface area contributed by atoms with Crippen molar-refractivity contribution in [2.75, 3.05) is 20.3 Å². The van der Waals surface area contributed by atoms with Gasteiger partial charge in [-0.2, -0.15) is 0 Å². The van der Waals surface area contributed by atoms with Gasteiger partial charge in [0.05, 0.1) is 12.2 Å². The van der Waals surface area contributed by atoms with E-state index in [0.717, 1.165) is 23.1 Å². The highest BCUT2D eigenvalue weighted by Gasteiger charge is 2.51. The minimum Gasteiger partial charge on any atom is -0.483 e. The highest BCUT2D eigenvalue weighted by atomic mass is 16.6. The lowest BCUT2D eigenvalue weighted by Gasteiger charge is -2.43. The second-order valence-electron chi connectivity index (χ2n) is 15.8. The maximum absolute atomic E-state index is 14.5. The van der Waals surface area contributed by atoms with Crippen molar-refractivity contribution in [2.45, 2.75) is 95.4 Å². The van der Waals surface area contributed by atoms with Gasteiger partial charge >= 0.3 is 17.6 Å². The zero-order valence-electron chi connectivity index (χ0n) is 32.2. The van der Waals surface area contributed by atoms with Gasteiger partial charge in [0, 0.05) is 54.4 Å². The van der Waals surface area contributed by atoms with E-state index in [0.29, 0.717) is 47.1 Å². The van der Waals surface area contributed by atoms with Crippen molar-refractivity contribution in [1.29, 1.82) is 0 Å². The summed E-state index contributed by atoms with van der Waals surface area (Å²) in [6.07, 6.45) is 4.46. The van der Waals surface area contributed by atoms with Crippen LogP contribution in [0.25, 0.3) is 11.0 Å². The van der Waals surface area contributed by atoms with Crippen molar-refractivity contribution in [3.8, 4) is 5.75 Å². The van der Waals surface area contributed by atoms with E-state index in [1.807, 2.05) is 32.0 Å². The van der Waals surface area contributed by atoms with Crippen LogP contribution in [0.5, 0.6) is 5.75 Å². The normalized spacial score (nSPS) is 24.2. The molecule has 9 heteroatoms. The number of ether oxygens (including phenoxy) is 4. The van der Waals surface area contributed by atoms with E-state index in [9.17, 15) is 19.5 Å². The molecule has 3 aromatic carbocycles. The van der Waals surface area contributed by atoms with Crippen LogP contribution in [-0.2, 0) is 30.2 Å². The molecule has 3 aliphatic heterocycles. The summed E-state index contributed by atoms with van der Waals surface area (Å²) in [5, 5.41) is 10.3. The highest BCUT2D eigenvalue weighted by Crippen LogP contribution is 2.48. The molecule has 4 aliphatic rings. The number of aryl methyl sites for hydroxylation is 1. The van der Waals surface area contributed by atoms with Gasteiger partial charge < -0.3 is 28.5 Å². The summed E-state index contributed by atoms with van der Waals surface area (Å²) in [7, 11) is 1.54. The van der Waals surface area contributed by atoms with Crippen LogP contribution in [-0.4, -0.2) is 49.1 Å². The standard InChI is InChI=1S/C46H50O9/c1-27(2)35-18-13-28-11-14-30(15-12-28)36-19-16-31(29-9-7-6-8-10-29)23-34(36)25-39(48)52-42-40-38(55-46(3,4)43(42)54-44(35)49)20-17-32-24-37(45(50)53-41(32)40)33(21-22-47)26-51-5/h6-12,14-17,19-20,24,31,33-34,36,42-43,47H,13,18,21-23,25-26H2,1-5H3/t31-,33-,34+,36-,42+,43+/m1/s1. The average Bonchev–Trinajstić information content (AvgIpc) is 3.16. The maximum Gasteiger partial charge on any atom is 0.339 e. The highest BCUT2D eigenvalue weighted by molar-refractivity contribution is 5.90. The van der Waals surface area contributed by atoms with Crippen LogP contribution in [0.1, 0.15) is 105 Å². The van der Waals surface area contributed by atoms with E-state index < -0.39 is 41.3 Å². The molecule has 0 fully saturated rings. The number of hydrogen-bond donors (Lipinski definition) is 1. The van der Waals surface area contributed by atoms with E-state index >= 15 is 0 Å². The molecule has 0 amide bonds.